The predicted octanol–water partition coefficient (Wildman–Crippen LogP) is 2.75. The summed E-state index contributed by atoms with van der Waals surface area (Å²) in [5.74, 6) is 0.723. The molecule has 0 bridgehead atoms. The molecule has 0 aromatic heterocycles. The number of rotatable bonds is 5. The maximum atomic E-state index is 7.50. The minimum atomic E-state index is 0. The average molecular weight is 264 g/mol. The normalized spacial score (nSPS) is 8.06. The Morgan fingerprint density at radius 3 is 1.62 bits per heavy atom. The van der Waals surface area contributed by atoms with Gasteiger partial charge in [0, 0.05) is 17.1 Å². The molecule has 0 heterocycles. The molecule has 0 saturated carbocycles. The average Bonchev–Trinajstić information content (AvgIpc) is 2.36. The Balaban J connectivity index is -0.0000000498. The molecule has 0 N–H and O–H groups in total. The topological polar surface area (TPSA) is 59.7 Å². The van der Waals surface area contributed by atoms with Crippen LogP contribution in [-0.4, -0.2) is 0 Å². The van der Waals surface area contributed by atoms with E-state index in [1.54, 1.807) is 0 Å². The largest absolute Gasteiger partial charge is 0 e. The molecule has 0 aliphatic rings. The Labute approximate surface area is 110 Å². The van der Waals surface area contributed by atoms with E-state index in [2.05, 4.69) is 53.1 Å². The van der Waals surface area contributed by atoms with Crippen LogP contribution in [0.25, 0.3) is 0 Å². The summed E-state index contributed by atoms with van der Waals surface area (Å²) in [5.41, 5.74) is 0. The summed E-state index contributed by atoms with van der Waals surface area (Å²) in [6.07, 6.45) is 9.66. The number of hydrogen-bond donors (Lipinski definition) is 0. The second-order valence-electron chi connectivity index (χ2n) is 2.30. The fraction of sp³-hybridized carbons (Fsp3) is 0.417. The molecular formula is C12H16FeO3. The van der Waals surface area contributed by atoms with E-state index in [0.29, 0.717) is 0 Å². The molecule has 4 radical (unpaired) electrons. The molecule has 4 heteroatoms. The second kappa shape index (κ2) is 46.5. The van der Waals surface area contributed by atoms with Crippen LogP contribution in [0.3, 0.4) is 0 Å². The van der Waals surface area contributed by atoms with E-state index in [-0.39, 0.29) is 17.1 Å². The summed E-state index contributed by atoms with van der Waals surface area (Å²) in [4.78, 5) is 0. The van der Waals surface area contributed by atoms with Crippen molar-refractivity contribution in [2.45, 2.75) is 27.2 Å². The molecule has 90 valence electrons. The molecule has 0 rings (SSSR count). The molecule has 0 unspecified atom stereocenters. The molecule has 0 aromatic rings. The first-order valence-corrected chi connectivity index (χ1v) is 4.22. The predicted molar refractivity (Wildman–Crippen MR) is 54.1 cm³/mol. The van der Waals surface area contributed by atoms with Crippen LogP contribution in [0.4, 0.5) is 0 Å². The zero-order valence-corrected chi connectivity index (χ0v) is 10.8. The third-order valence-electron chi connectivity index (χ3n) is 1.39. The van der Waals surface area contributed by atoms with Crippen LogP contribution in [0.15, 0.2) is 0 Å². The maximum Gasteiger partial charge on any atom is 0 e. The summed E-state index contributed by atoms with van der Waals surface area (Å²) >= 11 is 0. The first kappa shape index (κ1) is 29.6. The van der Waals surface area contributed by atoms with Gasteiger partial charge in [0.15, 0.2) is 0 Å². The zero-order valence-electron chi connectivity index (χ0n) is 9.67. The minimum absolute atomic E-state index is 0. The SMILES string of the molecule is C[CH][CH][CH][CH][C@@H](C)CC.[C-]#[O+].[C-]#[O+].[C-]#[O+].[Fe]. The van der Waals surface area contributed by atoms with E-state index >= 15 is 0 Å². The second-order valence-corrected chi connectivity index (χ2v) is 2.30. The zero-order chi connectivity index (χ0) is 13.1. The standard InChI is InChI=1S/C9H16.3CO.Fe/c1-4-6-7-8-9(3)5-2;3*1-2;/h4,6-9H,5H2,1-3H3;;;;/t9-;;;;/m0..../s1. The molecule has 0 aromatic carbocycles. The van der Waals surface area contributed by atoms with Gasteiger partial charge in [-0.3, -0.25) is 0 Å². The Morgan fingerprint density at radius 1 is 1.00 bits per heavy atom. The van der Waals surface area contributed by atoms with Crippen LogP contribution in [0, 0.1) is 51.6 Å². The molecule has 0 amide bonds. The monoisotopic (exact) mass is 264 g/mol. The Morgan fingerprint density at radius 2 is 1.38 bits per heavy atom. The summed E-state index contributed by atoms with van der Waals surface area (Å²) in [6.45, 7) is 20.0. The van der Waals surface area contributed by atoms with Gasteiger partial charge in [0.05, 0.1) is 0 Å². The van der Waals surface area contributed by atoms with Gasteiger partial charge in [-0.15, -0.1) is 0 Å². The van der Waals surface area contributed by atoms with Gasteiger partial charge in [-0.25, -0.2) is 0 Å². The summed E-state index contributed by atoms with van der Waals surface area (Å²) in [7, 11) is 0. The fourth-order valence-electron chi connectivity index (χ4n) is 0.501. The van der Waals surface area contributed by atoms with Gasteiger partial charge < -0.3 is 0 Å². The van der Waals surface area contributed by atoms with Gasteiger partial charge in [-0.1, -0.05) is 27.2 Å². The van der Waals surface area contributed by atoms with Crippen LogP contribution in [-0.2, 0) is 31.0 Å². The van der Waals surface area contributed by atoms with E-state index in [1.807, 2.05) is 13.3 Å². The molecular weight excluding hydrogens is 248 g/mol. The molecule has 0 saturated heterocycles. The minimum Gasteiger partial charge on any atom is 0 e. The third-order valence-corrected chi connectivity index (χ3v) is 1.39. The van der Waals surface area contributed by atoms with Crippen molar-refractivity contribution >= 4 is 0 Å². The number of unbranched alkanes of at least 4 members (excludes halogenated alkanes) is 2. The van der Waals surface area contributed by atoms with Crippen molar-refractivity contribution < 1.29 is 31.0 Å². The van der Waals surface area contributed by atoms with Crippen molar-refractivity contribution in [2.24, 2.45) is 5.92 Å². The maximum absolute atomic E-state index is 7.50. The van der Waals surface area contributed by atoms with Gasteiger partial charge in [0.2, 0.25) is 0 Å². The first-order chi connectivity index (χ1) is 7.31. The van der Waals surface area contributed by atoms with Crippen molar-refractivity contribution in [3.05, 3.63) is 45.6 Å². The van der Waals surface area contributed by atoms with Crippen molar-refractivity contribution in [3.63, 3.8) is 0 Å². The van der Waals surface area contributed by atoms with Gasteiger partial charge in [0.1, 0.15) is 0 Å². The Hall–Kier alpha value is -0.261. The number of hydrogen-bond acceptors (Lipinski definition) is 0. The van der Waals surface area contributed by atoms with Gasteiger partial charge in [0.25, 0.3) is 0 Å². The first-order valence-electron chi connectivity index (χ1n) is 4.22. The molecule has 3 nitrogen and oxygen atoms in total. The Bertz CT molecular complexity index is 127. The van der Waals surface area contributed by atoms with Crippen molar-refractivity contribution in [1.82, 2.24) is 0 Å². The summed E-state index contributed by atoms with van der Waals surface area (Å²) in [5, 5.41) is 0. The molecule has 16 heavy (non-hydrogen) atoms. The molecule has 0 aliphatic heterocycles. The quantitative estimate of drug-likeness (QED) is 0.317. The molecule has 1 atom stereocenters. The van der Waals surface area contributed by atoms with Crippen molar-refractivity contribution in [3.8, 4) is 0 Å². The third kappa shape index (κ3) is 49.1. The summed E-state index contributed by atoms with van der Waals surface area (Å²) < 4.78 is 22.5. The summed E-state index contributed by atoms with van der Waals surface area (Å²) in [6, 6.07) is 0. The van der Waals surface area contributed by atoms with Crippen LogP contribution in [0.2, 0.25) is 0 Å². The Kier molecular flexibility index (Phi) is 86.1. The fourth-order valence-corrected chi connectivity index (χ4v) is 0.501. The van der Waals surface area contributed by atoms with Gasteiger partial charge >= 0.3 is 33.9 Å². The van der Waals surface area contributed by atoms with Crippen LogP contribution in [0.5, 0.6) is 0 Å². The van der Waals surface area contributed by atoms with E-state index in [1.165, 1.54) is 6.42 Å². The molecule has 0 spiro atoms. The smallest absolute Gasteiger partial charge is 0 e. The van der Waals surface area contributed by atoms with E-state index in [4.69, 9.17) is 14.0 Å². The van der Waals surface area contributed by atoms with Gasteiger partial charge in [-0.05, 0) is 31.6 Å². The van der Waals surface area contributed by atoms with E-state index in [9.17, 15) is 0 Å². The van der Waals surface area contributed by atoms with Crippen LogP contribution in [0.1, 0.15) is 27.2 Å². The molecule has 0 fully saturated rings. The van der Waals surface area contributed by atoms with E-state index < -0.39 is 0 Å². The van der Waals surface area contributed by atoms with E-state index in [0.717, 1.165) is 5.92 Å². The van der Waals surface area contributed by atoms with Gasteiger partial charge in [-0.2, -0.15) is 0 Å². The van der Waals surface area contributed by atoms with Crippen LogP contribution >= 0.6 is 0 Å². The van der Waals surface area contributed by atoms with Crippen LogP contribution < -0.4 is 0 Å². The molecule has 0 aliphatic carbocycles. The van der Waals surface area contributed by atoms with Crippen molar-refractivity contribution in [1.29, 1.82) is 0 Å². The van der Waals surface area contributed by atoms with Crippen molar-refractivity contribution in [2.75, 3.05) is 0 Å².